The number of thiazole rings is 1. The highest BCUT2D eigenvalue weighted by atomic mass is 32.2. The monoisotopic (exact) mass is 379 g/mol. The van der Waals surface area contributed by atoms with Crippen molar-refractivity contribution in [2.75, 3.05) is 11.1 Å². The molecule has 0 spiro atoms. The topological polar surface area (TPSA) is 72.7 Å². The summed E-state index contributed by atoms with van der Waals surface area (Å²) in [5, 5.41) is 16.6. The zero-order valence-electron chi connectivity index (χ0n) is 13.4. The second kappa shape index (κ2) is 7.91. The van der Waals surface area contributed by atoms with Gasteiger partial charge in [-0.2, -0.15) is 0 Å². The van der Waals surface area contributed by atoms with Gasteiger partial charge in [0, 0.05) is 33.9 Å². The number of nitrogens with one attached hydrogen (secondary N) is 1. The lowest BCUT2D eigenvalue weighted by Gasteiger charge is -2.06. The number of hydrogen-bond acceptors (Lipinski definition) is 7. The summed E-state index contributed by atoms with van der Waals surface area (Å²) in [5.41, 5.74) is 1.09. The van der Waals surface area contributed by atoms with Crippen LogP contribution in [0.5, 0.6) is 0 Å². The van der Waals surface area contributed by atoms with Gasteiger partial charge in [-0.15, -0.1) is 32.9 Å². The van der Waals surface area contributed by atoms with Gasteiger partial charge in [-0.25, -0.2) is 4.98 Å². The number of amides is 1. The van der Waals surface area contributed by atoms with Crippen molar-refractivity contribution in [2.45, 2.75) is 32.0 Å². The minimum Gasteiger partial charge on any atom is -0.302 e. The smallest absolute Gasteiger partial charge is 0.236 e. The molecule has 3 rings (SSSR count). The van der Waals surface area contributed by atoms with Gasteiger partial charge < -0.3 is 9.88 Å². The van der Waals surface area contributed by atoms with Crippen LogP contribution in [0, 0.1) is 0 Å². The first-order chi connectivity index (χ1) is 11.7. The third kappa shape index (κ3) is 3.85. The number of aryl methyl sites for hydroxylation is 1. The van der Waals surface area contributed by atoms with Gasteiger partial charge in [-0.3, -0.25) is 4.79 Å². The van der Waals surface area contributed by atoms with Crippen molar-refractivity contribution in [3.05, 3.63) is 27.9 Å². The van der Waals surface area contributed by atoms with E-state index in [-0.39, 0.29) is 11.7 Å². The minimum atomic E-state index is -0.0917. The quantitative estimate of drug-likeness (QED) is 0.633. The van der Waals surface area contributed by atoms with E-state index in [0.29, 0.717) is 5.13 Å². The predicted molar refractivity (Wildman–Crippen MR) is 99.9 cm³/mol. The van der Waals surface area contributed by atoms with Crippen LogP contribution in [0.2, 0.25) is 0 Å². The number of nitrogens with zero attached hydrogens (tertiary/aromatic N) is 4. The number of thiophene rings is 1. The summed E-state index contributed by atoms with van der Waals surface area (Å²) in [5.74, 6) is 1.05. The van der Waals surface area contributed by atoms with E-state index in [9.17, 15) is 4.79 Å². The molecule has 0 radical (unpaired) electrons. The molecule has 24 heavy (non-hydrogen) atoms. The molecule has 0 aliphatic rings. The number of thioether (sulfide) groups is 1. The molecule has 0 unspecified atom stereocenters. The lowest BCUT2D eigenvalue weighted by Crippen LogP contribution is -2.14. The maximum atomic E-state index is 12.0. The zero-order valence-corrected chi connectivity index (χ0v) is 15.8. The van der Waals surface area contributed by atoms with Gasteiger partial charge in [-0.1, -0.05) is 18.7 Å². The van der Waals surface area contributed by atoms with Crippen molar-refractivity contribution < 1.29 is 4.79 Å². The molecule has 126 valence electrons. The Morgan fingerprint density at radius 1 is 1.33 bits per heavy atom. The Morgan fingerprint density at radius 2 is 2.21 bits per heavy atom. The largest absolute Gasteiger partial charge is 0.302 e. The number of rotatable bonds is 7. The van der Waals surface area contributed by atoms with Crippen molar-refractivity contribution in [3.63, 3.8) is 0 Å². The van der Waals surface area contributed by atoms with E-state index in [1.807, 2.05) is 9.95 Å². The van der Waals surface area contributed by atoms with Crippen molar-refractivity contribution in [2.24, 2.45) is 0 Å². The number of anilines is 1. The molecule has 6 nitrogen and oxygen atoms in total. The number of hydrogen-bond donors (Lipinski definition) is 1. The van der Waals surface area contributed by atoms with E-state index < -0.39 is 0 Å². The number of aromatic nitrogens is 4. The van der Waals surface area contributed by atoms with Gasteiger partial charge in [0.1, 0.15) is 0 Å². The van der Waals surface area contributed by atoms with E-state index in [1.165, 1.54) is 28.0 Å². The van der Waals surface area contributed by atoms with Gasteiger partial charge in [0.15, 0.2) is 16.1 Å². The number of carbonyl (C=O) groups excluding carboxylic acids is 1. The van der Waals surface area contributed by atoms with Gasteiger partial charge in [0.05, 0.1) is 5.75 Å². The van der Waals surface area contributed by atoms with Crippen molar-refractivity contribution in [1.29, 1.82) is 0 Å². The molecule has 1 N–H and O–H groups in total. The fourth-order valence-corrected chi connectivity index (χ4v) is 4.31. The molecule has 0 bridgehead atoms. The fourth-order valence-electron chi connectivity index (χ4n) is 2.15. The molecule has 3 heterocycles. The highest BCUT2D eigenvalue weighted by Gasteiger charge is 2.16. The average Bonchev–Trinajstić information content (AvgIpc) is 3.32. The Hall–Kier alpha value is -1.71. The second-order valence-electron chi connectivity index (χ2n) is 4.88. The van der Waals surface area contributed by atoms with E-state index >= 15 is 0 Å². The van der Waals surface area contributed by atoms with E-state index in [4.69, 9.17) is 0 Å². The van der Waals surface area contributed by atoms with Gasteiger partial charge in [0.25, 0.3) is 0 Å². The lowest BCUT2D eigenvalue weighted by atomic mass is 10.2. The SMILES string of the molecule is CCc1cc(-c2nnc(SCC(=O)Nc3nccs3)n2CC)cs1. The number of carbonyl (C=O) groups is 1. The minimum absolute atomic E-state index is 0.0917. The second-order valence-corrected chi connectivity index (χ2v) is 7.71. The first-order valence-electron chi connectivity index (χ1n) is 7.54. The van der Waals surface area contributed by atoms with Crippen LogP contribution in [0.25, 0.3) is 11.4 Å². The predicted octanol–water partition coefficient (Wildman–Crippen LogP) is 3.78. The molecular formula is C15H17N5OS3. The summed E-state index contributed by atoms with van der Waals surface area (Å²) in [6.45, 7) is 4.96. The van der Waals surface area contributed by atoms with Crippen LogP contribution in [0.15, 0.2) is 28.2 Å². The van der Waals surface area contributed by atoms with Crippen LogP contribution in [-0.4, -0.2) is 31.4 Å². The molecule has 3 aromatic rings. The average molecular weight is 380 g/mol. The summed E-state index contributed by atoms with van der Waals surface area (Å²) < 4.78 is 2.04. The summed E-state index contributed by atoms with van der Waals surface area (Å²) in [6, 6.07) is 2.16. The van der Waals surface area contributed by atoms with E-state index in [0.717, 1.165) is 29.5 Å². The molecule has 9 heteroatoms. The summed E-state index contributed by atoms with van der Waals surface area (Å²) >= 11 is 4.52. The Bertz CT molecular complexity index is 809. The van der Waals surface area contributed by atoms with Crippen LogP contribution in [0.3, 0.4) is 0 Å². The first-order valence-corrected chi connectivity index (χ1v) is 10.3. The molecule has 0 aromatic carbocycles. The molecular weight excluding hydrogens is 362 g/mol. The Labute approximate surface area is 152 Å². The third-order valence-corrected chi connectivity index (χ3v) is 6.04. The van der Waals surface area contributed by atoms with Crippen LogP contribution in [0.1, 0.15) is 18.7 Å². The molecule has 0 fully saturated rings. The van der Waals surface area contributed by atoms with Gasteiger partial charge in [0.2, 0.25) is 5.91 Å². The Kier molecular flexibility index (Phi) is 5.64. The Morgan fingerprint density at radius 3 is 2.88 bits per heavy atom. The summed E-state index contributed by atoms with van der Waals surface area (Å²) in [6.07, 6.45) is 2.68. The van der Waals surface area contributed by atoms with Crippen molar-refractivity contribution in [1.82, 2.24) is 19.7 Å². The summed E-state index contributed by atoms with van der Waals surface area (Å²) in [7, 11) is 0. The van der Waals surface area contributed by atoms with Gasteiger partial charge >= 0.3 is 0 Å². The molecule has 0 saturated carbocycles. The van der Waals surface area contributed by atoms with Gasteiger partial charge in [-0.05, 0) is 19.4 Å². The highest BCUT2D eigenvalue weighted by Crippen LogP contribution is 2.28. The lowest BCUT2D eigenvalue weighted by molar-refractivity contribution is -0.113. The van der Waals surface area contributed by atoms with Crippen molar-refractivity contribution >= 4 is 45.5 Å². The maximum absolute atomic E-state index is 12.0. The van der Waals surface area contributed by atoms with Crippen LogP contribution in [-0.2, 0) is 17.8 Å². The normalized spacial score (nSPS) is 10.9. The van der Waals surface area contributed by atoms with Crippen molar-refractivity contribution in [3.8, 4) is 11.4 Å². The molecule has 1 amide bonds. The standard InChI is InChI=1S/C15H17N5OS3/c1-3-11-7-10(8-23-11)13-18-19-15(20(13)4-2)24-9-12(21)17-14-16-5-6-22-14/h5-8H,3-4,9H2,1-2H3,(H,16,17,21). The molecule has 0 aliphatic heterocycles. The Balaban J connectivity index is 1.69. The van der Waals surface area contributed by atoms with Crippen LogP contribution in [0.4, 0.5) is 5.13 Å². The van der Waals surface area contributed by atoms with Crippen LogP contribution < -0.4 is 5.32 Å². The van der Waals surface area contributed by atoms with E-state index in [2.05, 4.69) is 45.8 Å². The third-order valence-electron chi connectivity index (χ3n) is 3.30. The maximum Gasteiger partial charge on any atom is 0.236 e. The molecule has 0 aliphatic carbocycles. The van der Waals surface area contributed by atoms with Crippen LogP contribution >= 0.6 is 34.4 Å². The fraction of sp³-hybridized carbons (Fsp3) is 0.333. The molecule has 0 saturated heterocycles. The molecule has 3 aromatic heterocycles. The van der Waals surface area contributed by atoms with E-state index in [1.54, 1.807) is 17.5 Å². The zero-order chi connectivity index (χ0) is 16.9. The first kappa shape index (κ1) is 17.1. The summed E-state index contributed by atoms with van der Waals surface area (Å²) in [4.78, 5) is 17.4. The molecule has 0 atom stereocenters. The highest BCUT2D eigenvalue weighted by molar-refractivity contribution is 7.99.